The van der Waals surface area contributed by atoms with Gasteiger partial charge in [0.15, 0.2) is 0 Å². The van der Waals surface area contributed by atoms with E-state index in [1.807, 2.05) is 0 Å². The fourth-order valence-electron chi connectivity index (χ4n) is 1.06. The van der Waals surface area contributed by atoms with Crippen molar-refractivity contribution in [1.82, 2.24) is 5.32 Å². The second-order valence-corrected chi connectivity index (χ2v) is 2.88. The molecule has 0 radical (unpaired) electrons. The first-order valence-corrected chi connectivity index (χ1v) is 4.37. The number of amides is 1. The van der Waals surface area contributed by atoms with Crippen LogP contribution in [-0.4, -0.2) is 23.5 Å². The van der Waals surface area contributed by atoms with Gasteiger partial charge in [0.25, 0.3) is 5.91 Å². The molecule has 78 valence electrons. The zero-order valence-electron chi connectivity index (χ0n) is 8.06. The highest BCUT2D eigenvalue weighted by Crippen LogP contribution is 2.05. The number of carboxylic acids is 1. The molecule has 4 heteroatoms. The van der Waals surface area contributed by atoms with Gasteiger partial charge >= 0.3 is 5.97 Å². The molecule has 0 heterocycles. The lowest BCUT2D eigenvalue weighted by Crippen LogP contribution is -2.23. The van der Waals surface area contributed by atoms with Crippen LogP contribution in [0.1, 0.15) is 20.7 Å². The monoisotopic (exact) mass is 205 g/mol. The zero-order chi connectivity index (χ0) is 11.3. The van der Waals surface area contributed by atoms with E-state index in [-0.39, 0.29) is 11.5 Å². The van der Waals surface area contributed by atoms with Gasteiger partial charge in [0.1, 0.15) is 0 Å². The van der Waals surface area contributed by atoms with Crippen molar-refractivity contribution in [2.75, 3.05) is 6.54 Å². The van der Waals surface area contributed by atoms with Crippen LogP contribution < -0.4 is 5.32 Å². The highest BCUT2D eigenvalue weighted by molar-refractivity contribution is 5.97. The van der Waals surface area contributed by atoms with Crippen LogP contribution in [0.2, 0.25) is 0 Å². The summed E-state index contributed by atoms with van der Waals surface area (Å²) in [4.78, 5) is 22.1. The molecular weight excluding hydrogens is 194 g/mol. The van der Waals surface area contributed by atoms with Crippen LogP contribution in [0.25, 0.3) is 0 Å². The van der Waals surface area contributed by atoms with Crippen molar-refractivity contribution < 1.29 is 14.7 Å². The molecule has 0 atom stereocenters. The number of hydrogen-bond acceptors (Lipinski definition) is 2. The zero-order valence-corrected chi connectivity index (χ0v) is 8.06. The Bertz CT molecular complexity index is 399. The molecule has 1 aromatic carbocycles. The van der Waals surface area contributed by atoms with Gasteiger partial charge in [0.2, 0.25) is 0 Å². The standard InChI is InChI=1S/C11H11NO3/c1-2-6-12-10(13)8-4-3-5-9(7-8)11(14)15/h2-5,7H,1,6H2,(H,12,13)(H,14,15). The third kappa shape index (κ3) is 2.95. The Kier molecular flexibility index (Phi) is 3.62. The van der Waals surface area contributed by atoms with Crippen LogP contribution in [0.5, 0.6) is 0 Å². The molecule has 0 fully saturated rings. The maximum atomic E-state index is 11.4. The summed E-state index contributed by atoms with van der Waals surface area (Å²) in [6.45, 7) is 3.82. The summed E-state index contributed by atoms with van der Waals surface area (Å²) in [6.07, 6.45) is 1.55. The second-order valence-electron chi connectivity index (χ2n) is 2.88. The molecule has 0 unspecified atom stereocenters. The Balaban J connectivity index is 2.85. The van der Waals surface area contributed by atoms with Gasteiger partial charge in [-0.3, -0.25) is 4.79 Å². The summed E-state index contributed by atoms with van der Waals surface area (Å²) in [6, 6.07) is 5.87. The molecule has 1 rings (SSSR count). The number of carbonyl (C=O) groups is 2. The lowest BCUT2D eigenvalue weighted by molar-refractivity contribution is 0.0697. The topological polar surface area (TPSA) is 66.4 Å². The average Bonchev–Trinajstić information content (AvgIpc) is 2.26. The minimum Gasteiger partial charge on any atom is -0.478 e. The minimum absolute atomic E-state index is 0.0984. The molecule has 4 nitrogen and oxygen atoms in total. The quantitative estimate of drug-likeness (QED) is 0.728. The van der Waals surface area contributed by atoms with Crippen LogP contribution >= 0.6 is 0 Å². The van der Waals surface area contributed by atoms with E-state index in [0.717, 1.165) is 0 Å². The van der Waals surface area contributed by atoms with Crippen LogP contribution in [0.3, 0.4) is 0 Å². The van der Waals surface area contributed by atoms with Gasteiger partial charge in [-0.2, -0.15) is 0 Å². The molecule has 2 N–H and O–H groups in total. The van der Waals surface area contributed by atoms with Crippen molar-refractivity contribution in [3.63, 3.8) is 0 Å². The van der Waals surface area contributed by atoms with Crippen molar-refractivity contribution in [1.29, 1.82) is 0 Å². The molecule has 0 bridgehead atoms. The van der Waals surface area contributed by atoms with Crippen LogP contribution in [-0.2, 0) is 0 Å². The highest BCUT2D eigenvalue weighted by Gasteiger charge is 2.07. The van der Waals surface area contributed by atoms with E-state index in [4.69, 9.17) is 5.11 Å². The molecular formula is C11H11NO3. The SMILES string of the molecule is C=CCNC(=O)c1cccc(C(=O)O)c1. The van der Waals surface area contributed by atoms with Gasteiger partial charge in [-0.05, 0) is 18.2 Å². The number of aromatic carboxylic acids is 1. The highest BCUT2D eigenvalue weighted by atomic mass is 16.4. The van der Waals surface area contributed by atoms with Crippen molar-refractivity contribution in [2.24, 2.45) is 0 Å². The molecule has 0 saturated heterocycles. The lowest BCUT2D eigenvalue weighted by atomic mass is 10.1. The third-order valence-electron chi connectivity index (χ3n) is 1.78. The Morgan fingerprint density at radius 2 is 2.07 bits per heavy atom. The van der Waals surface area contributed by atoms with Crippen LogP contribution in [0.4, 0.5) is 0 Å². The molecule has 0 aromatic heterocycles. The molecule has 0 aliphatic carbocycles. The Morgan fingerprint density at radius 1 is 1.40 bits per heavy atom. The van der Waals surface area contributed by atoms with Gasteiger partial charge in [0.05, 0.1) is 5.56 Å². The van der Waals surface area contributed by atoms with Gasteiger partial charge in [0, 0.05) is 12.1 Å². The first kappa shape index (κ1) is 11.0. The normalized spacial score (nSPS) is 9.33. The van der Waals surface area contributed by atoms with Gasteiger partial charge < -0.3 is 10.4 Å². The summed E-state index contributed by atoms with van der Waals surface area (Å²) in [5.74, 6) is -1.36. The van der Waals surface area contributed by atoms with Gasteiger partial charge in [-0.25, -0.2) is 4.79 Å². The van der Waals surface area contributed by atoms with E-state index in [1.54, 1.807) is 12.1 Å². The fourth-order valence-corrected chi connectivity index (χ4v) is 1.06. The minimum atomic E-state index is -1.05. The number of hydrogen-bond donors (Lipinski definition) is 2. The largest absolute Gasteiger partial charge is 0.478 e. The molecule has 1 amide bonds. The lowest BCUT2D eigenvalue weighted by Gasteiger charge is -2.02. The fraction of sp³-hybridized carbons (Fsp3) is 0.0909. The number of benzene rings is 1. The van der Waals surface area contributed by atoms with Crippen molar-refractivity contribution in [3.05, 3.63) is 48.0 Å². The Morgan fingerprint density at radius 3 is 2.67 bits per heavy atom. The summed E-state index contributed by atoms with van der Waals surface area (Å²) in [7, 11) is 0. The van der Waals surface area contributed by atoms with E-state index >= 15 is 0 Å². The van der Waals surface area contributed by atoms with E-state index in [1.165, 1.54) is 18.2 Å². The summed E-state index contributed by atoms with van der Waals surface area (Å²) in [5, 5.41) is 11.3. The summed E-state index contributed by atoms with van der Waals surface area (Å²) in [5.41, 5.74) is 0.429. The molecule has 1 aromatic rings. The summed E-state index contributed by atoms with van der Waals surface area (Å²) >= 11 is 0. The predicted octanol–water partition coefficient (Wildman–Crippen LogP) is 1.30. The molecule has 15 heavy (non-hydrogen) atoms. The Hall–Kier alpha value is -2.10. The maximum Gasteiger partial charge on any atom is 0.335 e. The molecule has 0 aliphatic rings. The van der Waals surface area contributed by atoms with E-state index in [9.17, 15) is 9.59 Å². The van der Waals surface area contributed by atoms with E-state index in [0.29, 0.717) is 12.1 Å². The van der Waals surface area contributed by atoms with Crippen LogP contribution in [0.15, 0.2) is 36.9 Å². The first-order chi connectivity index (χ1) is 7.15. The summed E-state index contributed by atoms with van der Waals surface area (Å²) < 4.78 is 0. The number of nitrogens with one attached hydrogen (secondary N) is 1. The predicted molar refractivity (Wildman–Crippen MR) is 55.9 cm³/mol. The first-order valence-electron chi connectivity index (χ1n) is 4.37. The average molecular weight is 205 g/mol. The van der Waals surface area contributed by atoms with Gasteiger partial charge in [-0.15, -0.1) is 6.58 Å². The maximum absolute atomic E-state index is 11.4. The van der Waals surface area contributed by atoms with E-state index < -0.39 is 5.97 Å². The number of rotatable bonds is 4. The number of carboxylic acid groups (broad SMARTS) is 1. The molecule has 0 aliphatic heterocycles. The van der Waals surface area contributed by atoms with Crippen molar-refractivity contribution in [2.45, 2.75) is 0 Å². The van der Waals surface area contributed by atoms with Crippen LogP contribution in [0, 0.1) is 0 Å². The van der Waals surface area contributed by atoms with Crippen molar-refractivity contribution in [3.8, 4) is 0 Å². The molecule has 0 saturated carbocycles. The van der Waals surface area contributed by atoms with Crippen molar-refractivity contribution >= 4 is 11.9 Å². The number of carbonyl (C=O) groups excluding carboxylic acids is 1. The molecule has 0 spiro atoms. The Labute approximate surface area is 87.2 Å². The second kappa shape index (κ2) is 4.95. The van der Waals surface area contributed by atoms with E-state index in [2.05, 4.69) is 11.9 Å². The van der Waals surface area contributed by atoms with Gasteiger partial charge in [-0.1, -0.05) is 12.1 Å². The third-order valence-corrected chi connectivity index (χ3v) is 1.78. The smallest absolute Gasteiger partial charge is 0.335 e.